The van der Waals surface area contributed by atoms with Crippen molar-refractivity contribution in [3.8, 4) is 0 Å². The summed E-state index contributed by atoms with van der Waals surface area (Å²) < 4.78 is 0. The van der Waals surface area contributed by atoms with Gasteiger partial charge in [-0.15, -0.1) is 0 Å². The van der Waals surface area contributed by atoms with Gasteiger partial charge in [0.1, 0.15) is 0 Å². The van der Waals surface area contributed by atoms with Crippen LogP contribution in [0.3, 0.4) is 0 Å². The van der Waals surface area contributed by atoms with Crippen LogP contribution in [0.15, 0.2) is 24.3 Å². The van der Waals surface area contributed by atoms with Gasteiger partial charge in [0.05, 0.1) is 12.5 Å². The molecule has 0 saturated carbocycles. The Hall–Kier alpha value is -1.39. The van der Waals surface area contributed by atoms with Gasteiger partial charge in [0.15, 0.2) is 0 Å². The molecule has 19 heavy (non-hydrogen) atoms. The van der Waals surface area contributed by atoms with Gasteiger partial charge in [0.2, 0.25) is 5.91 Å². The quantitative estimate of drug-likeness (QED) is 0.855. The number of amides is 1. The number of carbonyl (C=O) groups excluding carboxylic acids is 1. The van der Waals surface area contributed by atoms with Crippen LogP contribution in [0, 0.1) is 5.92 Å². The smallest absolute Gasteiger partial charge is 0.224 e. The van der Waals surface area contributed by atoms with E-state index in [9.17, 15) is 4.79 Å². The molecule has 2 rings (SSSR count). The highest BCUT2D eigenvalue weighted by Crippen LogP contribution is 2.19. The third kappa shape index (κ3) is 3.78. The Morgan fingerprint density at radius 2 is 2.05 bits per heavy atom. The summed E-state index contributed by atoms with van der Waals surface area (Å²) in [7, 11) is 1.70. The van der Waals surface area contributed by atoms with Crippen LogP contribution in [0.1, 0.15) is 24.0 Å². The number of benzene rings is 1. The fraction of sp³-hybridized carbons (Fsp3) is 0.533. The molecule has 104 valence electrons. The van der Waals surface area contributed by atoms with Crippen LogP contribution >= 0.6 is 0 Å². The van der Waals surface area contributed by atoms with Crippen molar-refractivity contribution in [2.75, 3.05) is 20.1 Å². The Morgan fingerprint density at radius 1 is 1.37 bits per heavy atom. The summed E-state index contributed by atoms with van der Waals surface area (Å²) in [5.74, 6) is 0.274. The molecule has 0 aliphatic carbocycles. The fourth-order valence-corrected chi connectivity index (χ4v) is 2.63. The second-order valence-corrected chi connectivity index (χ2v) is 5.16. The Balaban J connectivity index is 1.92. The van der Waals surface area contributed by atoms with Gasteiger partial charge in [-0.05, 0) is 30.5 Å². The van der Waals surface area contributed by atoms with Crippen LogP contribution in [-0.4, -0.2) is 36.1 Å². The molecular formula is C15H22N2O2. The predicted octanol–water partition coefficient (Wildman–Crippen LogP) is 1.14. The van der Waals surface area contributed by atoms with Crippen LogP contribution in [0.25, 0.3) is 0 Å². The van der Waals surface area contributed by atoms with E-state index < -0.39 is 0 Å². The van der Waals surface area contributed by atoms with Crippen molar-refractivity contribution in [1.29, 1.82) is 0 Å². The zero-order valence-electron chi connectivity index (χ0n) is 11.4. The number of nitrogens with zero attached hydrogens (tertiary/aromatic N) is 1. The minimum atomic E-state index is 0.0861. The van der Waals surface area contributed by atoms with E-state index >= 15 is 0 Å². The first-order valence-electron chi connectivity index (χ1n) is 6.85. The summed E-state index contributed by atoms with van der Waals surface area (Å²) in [6.45, 7) is 2.85. The highest BCUT2D eigenvalue weighted by atomic mass is 16.3. The van der Waals surface area contributed by atoms with Crippen molar-refractivity contribution >= 4 is 5.91 Å². The van der Waals surface area contributed by atoms with Crippen molar-refractivity contribution in [2.24, 2.45) is 5.92 Å². The van der Waals surface area contributed by atoms with Crippen molar-refractivity contribution in [3.63, 3.8) is 0 Å². The van der Waals surface area contributed by atoms with Gasteiger partial charge in [0, 0.05) is 20.1 Å². The van der Waals surface area contributed by atoms with Gasteiger partial charge in [-0.3, -0.25) is 9.69 Å². The Kier molecular flexibility index (Phi) is 4.93. The summed E-state index contributed by atoms with van der Waals surface area (Å²) in [5, 5.41) is 11.8. The van der Waals surface area contributed by atoms with Gasteiger partial charge in [-0.1, -0.05) is 24.3 Å². The van der Waals surface area contributed by atoms with E-state index in [1.54, 1.807) is 7.05 Å². The molecule has 4 nitrogen and oxygen atoms in total. The van der Waals surface area contributed by atoms with Crippen LogP contribution in [0.4, 0.5) is 0 Å². The standard InChI is InChI=1S/C15H22N2O2/c1-16-15(19)14-3-2-8-17(10-14)9-12-4-6-13(11-18)7-5-12/h4-7,14,18H,2-3,8-11H2,1H3,(H,16,19). The van der Waals surface area contributed by atoms with E-state index in [1.165, 1.54) is 5.56 Å². The molecule has 1 aromatic carbocycles. The van der Waals surface area contributed by atoms with Gasteiger partial charge in [0.25, 0.3) is 0 Å². The number of carbonyl (C=O) groups is 1. The zero-order valence-corrected chi connectivity index (χ0v) is 11.4. The summed E-state index contributed by atoms with van der Waals surface area (Å²) in [5.41, 5.74) is 2.17. The summed E-state index contributed by atoms with van der Waals surface area (Å²) in [6, 6.07) is 8.01. The SMILES string of the molecule is CNC(=O)C1CCCN(Cc2ccc(CO)cc2)C1. The van der Waals surface area contributed by atoms with Crippen molar-refractivity contribution < 1.29 is 9.90 Å². The zero-order chi connectivity index (χ0) is 13.7. The lowest BCUT2D eigenvalue weighted by molar-refractivity contribution is -0.126. The molecule has 4 heteroatoms. The number of aliphatic hydroxyl groups excluding tert-OH is 1. The molecule has 1 heterocycles. The van der Waals surface area contributed by atoms with Gasteiger partial charge < -0.3 is 10.4 Å². The van der Waals surface area contributed by atoms with Crippen LogP contribution < -0.4 is 5.32 Å². The van der Waals surface area contributed by atoms with E-state index in [1.807, 2.05) is 12.1 Å². The minimum absolute atomic E-state index is 0.0861. The average molecular weight is 262 g/mol. The van der Waals surface area contributed by atoms with Crippen LogP contribution in [-0.2, 0) is 17.9 Å². The summed E-state index contributed by atoms with van der Waals surface area (Å²) in [4.78, 5) is 14.0. The number of rotatable bonds is 4. The highest BCUT2D eigenvalue weighted by molar-refractivity contribution is 5.78. The molecule has 1 aliphatic rings. The van der Waals surface area contributed by atoms with Crippen molar-refractivity contribution in [3.05, 3.63) is 35.4 Å². The maximum Gasteiger partial charge on any atom is 0.224 e. The highest BCUT2D eigenvalue weighted by Gasteiger charge is 2.24. The largest absolute Gasteiger partial charge is 0.392 e. The summed E-state index contributed by atoms with van der Waals surface area (Å²) >= 11 is 0. The number of aliphatic hydroxyl groups is 1. The molecule has 0 radical (unpaired) electrons. The fourth-order valence-electron chi connectivity index (χ4n) is 2.63. The molecule has 1 aliphatic heterocycles. The first kappa shape index (κ1) is 14.0. The first-order valence-corrected chi connectivity index (χ1v) is 6.85. The Labute approximate surface area is 114 Å². The lowest BCUT2D eigenvalue weighted by atomic mass is 9.96. The molecule has 1 fully saturated rings. The number of piperidine rings is 1. The van der Waals surface area contributed by atoms with E-state index in [0.717, 1.165) is 38.0 Å². The Bertz CT molecular complexity index is 417. The van der Waals surface area contributed by atoms with E-state index in [4.69, 9.17) is 5.11 Å². The molecular weight excluding hydrogens is 240 g/mol. The molecule has 2 N–H and O–H groups in total. The number of hydrogen-bond acceptors (Lipinski definition) is 3. The normalized spacial score (nSPS) is 20.2. The van der Waals surface area contributed by atoms with Crippen LogP contribution in [0.2, 0.25) is 0 Å². The predicted molar refractivity (Wildman–Crippen MR) is 74.4 cm³/mol. The average Bonchev–Trinajstić information content (AvgIpc) is 2.47. The van der Waals surface area contributed by atoms with E-state index in [0.29, 0.717) is 0 Å². The maximum atomic E-state index is 11.7. The molecule has 1 atom stereocenters. The molecule has 1 amide bonds. The maximum absolute atomic E-state index is 11.7. The monoisotopic (exact) mass is 262 g/mol. The van der Waals surface area contributed by atoms with Crippen LogP contribution in [0.5, 0.6) is 0 Å². The number of nitrogens with one attached hydrogen (secondary N) is 1. The van der Waals surface area contributed by atoms with Crippen molar-refractivity contribution in [1.82, 2.24) is 10.2 Å². The minimum Gasteiger partial charge on any atom is -0.392 e. The van der Waals surface area contributed by atoms with E-state index in [-0.39, 0.29) is 18.4 Å². The molecule has 1 saturated heterocycles. The van der Waals surface area contributed by atoms with Gasteiger partial charge in [-0.2, -0.15) is 0 Å². The lowest BCUT2D eigenvalue weighted by Gasteiger charge is -2.31. The molecule has 1 aromatic rings. The van der Waals surface area contributed by atoms with Crippen molar-refractivity contribution in [2.45, 2.75) is 26.0 Å². The third-order valence-electron chi connectivity index (χ3n) is 3.73. The Morgan fingerprint density at radius 3 is 2.68 bits per heavy atom. The molecule has 0 bridgehead atoms. The van der Waals surface area contributed by atoms with E-state index in [2.05, 4.69) is 22.3 Å². The third-order valence-corrected chi connectivity index (χ3v) is 3.73. The molecule has 0 aromatic heterocycles. The molecule has 0 spiro atoms. The second-order valence-electron chi connectivity index (χ2n) is 5.16. The lowest BCUT2D eigenvalue weighted by Crippen LogP contribution is -2.41. The topological polar surface area (TPSA) is 52.6 Å². The summed E-state index contributed by atoms with van der Waals surface area (Å²) in [6.07, 6.45) is 2.06. The number of hydrogen-bond donors (Lipinski definition) is 2. The molecule has 1 unspecified atom stereocenters. The van der Waals surface area contributed by atoms with Gasteiger partial charge >= 0.3 is 0 Å². The van der Waals surface area contributed by atoms with Gasteiger partial charge in [-0.25, -0.2) is 0 Å². The number of likely N-dealkylation sites (tertiary alicyclic amines) is 1. The second kappa shape index (κ2) is 6.68. The first-order chi connectivity index (χ1) is 9.22.